The third-order valence-corrected chi connectivity index (χ3v) is 2.40. The van der Waals surface area contributed by atoms with Crippen LogP contribution in [0.5, 0.6) is 11.5 Å². The number of rotatable bonds is 3. The minimum absolute atomic E-state index is 0.0975. The smallest absolute Gasteiger partial charge is 0.256 e. The molecule has 0 bridgehead atoms. The van der Waals surface area contributed by atoms with E-state index in [-0.39, 0.29) is 22.9 Å². The fourth-order valence-electron chi connectivity index (χ4n) is 1.50. The molecule has 6 heteroatoms. The largest absolute Gasteiger partial charge is 0.504 e. The van der Waals surface area contributed by atoms with Gasteiger partial charge >= 0.3 is 0 Å². The van der Waals surface area contributed by atoms with Crippen LogP contribution >= 0.6 is 0 Å². The summed E-state index contributed by atoms with van der Waals surface area (Å²) in [6.45, 7) is 0. The normalized spacial score (nSPS) is 10.0. The number of hydrogen-bond acceptors (Lipinski definition) is 4. The van der Waals surface area contributed by atoms with Crippen molar-refractivity contribution in [1.29, 1.82) is 0 Å². The number of hydrogen-bond donors (Lipinski definition) is 2. The second-order valence-electron chi connectivity index (χ2n) is 3.69. The molecule has 0 saturated heterocycles. The summed E-state index contributed by atoms with van der Waals surface area (Å²) < 4.78 is 17.7. The summed E-state index contributed by atoms with van der Waals surface area (Å²) >= 11 is 0. The van der Waals surface area contributed by atoms with Gasteiger partial charge in [-0.15, -0.1) is 0 Å². The van der Waals surface area contributed by atoms with Gasteiger partial charge < -0.3 is 15.2 Å². The van der Waals surface area contributed by atoms with Crippen molar-refractivity contribution in [2.45, 2.75) is 0 Å². The Balaban J connectivity index is 2.18. The Kier molecular flexibility index (Phi) is 3.61. The van der Waals surface area contributed by atoms with Crippen LogP contribution in [0.1, 0.15) is 10.4 Å². The summed E-state index contributed by atoms with van der Waals surface area (Å²) in [4.78, 5) is 15.4. The first-order valence-electron chi connectivity index (χ1n) is 5.41. The Morgan fingerprint density at radius 3 is 2.79 bits per heavy atom. The summed E-state index contributed by atoms with van der Waals surface area (Å²) in [5.41, 5.74) is 0.212. The lowest BCUT2D eigenvalue weighted by Gasteiger charge is -2.07. The predicted octanol–water partition coefficient (Wildman–Crippen LogP) is 2.19. The number of nitrogens with zero attached hydrogens (tertiary/aromatic N) is 1. The van der Waals surface area contributed by atoms with Crippen molar-refractivity contribution in [3.8, 4) is 11.5 Å². The van der Waals surface area contributed by atoms with Crippen molar-refractivity contribution in [2.24, 2.45) is 0 Å². The van der Waals surface area contributed by atoms with Gasteiger partial charge in [0, 0.05) is 5.56 Å². The molecule has 1 amide bonds. The Hall–Kier alpha value is -2.63. The highest BCUT2D eigenvalue weighted by atomic mass is 19.1. The van der Waals surface area contributed by atoms with Crippen molar-refractivity contribution < 1.29 is 19.0 Å². The van der Waals surface area contributed by atoms with Crippen molar-refractivity contribution in [1.82, 2.24) is 4.98 Å². The molecule has 2 aromatic rings. The lowest BCUT2D eigenvalue weighted by Crippen LogP contribution is -2.13. The molecular weight excluding hydrogens is 251 g/mol. The number of aromatic hydroxyl groups is 1. The first kappa shape index (κ1) is 12.8. The van der Waals surface area contributed by atoms with E-state index in [0.717, 1.165) is 0 Å². The van der Waals surface area contributed by atoms with Crippen molar-refractivity contribution >= 4 is 11.7 Å². The van der Waals surface area contributed by atoms with E-state index in [1.54, 1.807) is 0 Å². The molecule has 2 N–H and O–H groups in total. The number of anilines is 1. The maximum absolute atomic E-state index is 12.9. The quantitative estimate of drug-likeness (QED) is 0.832. The minimum Gasteiger partial charge on any atom is -0.504 e. The van der Waals surface area contributed by atoms with E-state index in [9.17, 15) is 14.3 Å². The second-order valence-corrected chi connectivity index (χ2v) is 3.69. The van der Waals surface area contributed by atoms with Crippen molar-refractivity contribution in [3.05, 3.63) is 47.9 Å². The number of phenols is 1. The van der Waals surface area contributed by atoms with E-state index in [1.165, 1.54) is 43.5 Å². The van der Waals surface area contributed by atoms with Gasteiger partial charge in [0.1, 0.15) is 5.82 Å². The SMILES string of the molecule is COc1ccc(C(=O)Nc2cccc(F)n2)cc1O. The van der Waals surface area contributed by atoms with E-state index < -0.39 is 11.9 Å². The number of benzene rings is 1. The van der Waals surface area contributed by atoms with E-state index in [0.29, 0.717) is 0 Å². The number of nitrogens with one attached hydrogen (secondary N) is 1. The van der Waals surface area contributed by atoms with Crippen LogP contribution in [0.25, 0.3) is 0 Å². The fraction of sp³-hybridized carbons (Fsp3) is 0.0769. The van der Waals surface area contributed by atoms with Crippen molar-refractivity contribution in [3.63, 3.8) is 0 Å². The number of phenolic OH excluding ortho intramolecular Hbond substituents is 1. The number of carbonyl (C=O) groups excluding carboxylic acids is 1. The predicted molar refractivity (Wildman–Crippen MR) is 66.8 cm³/mol. The highest BCUT2D eigenvalue weighted by molar-refractivity contribution is 6.04. The highest BCUT2D eigenvalue weighted by Crippen LogP contribution is 2.26. The van der Waals surface area contributed by atoms with Crippen LogP contribution < -0.4 is 10.1 Å². The molecule has 0 spiro atoms. The summed E-state index contributed by atoms with van der Waals surface area (Å²) in [5.74, 6) is -0.977. The monoisotopic (exact) mass is 262 g/mol. The molecule has 98 valence electrons. The maximum Gasteiger partial charge on any atom is 0.256 e. The van der Waals surface area contributed by atoms with E-state index in [1.807, 2.05) is 0 Å². The summed E-state index contributed by atoms with van der Waals surface area (Å²) in [6.07, 6.45) is 0. The molecule has 2 rings (SSSR count). The molecule has 0 unspecified atom stereocenters. The van der Waals surface area contributed by atoms with Crippen LogP contribution in [-0.2, 0) is 0 Å². The lowest BCUT2D eigenvalue weighted by molar-refractivity contribution is 0.102. The fourth-order valence-corrected chi connectivity index (χ4v) is 1.50. The first-order chi connectivity index (χ1) is 9.10. The topological polar surface area (TPSA) is 71.5 Å². The molecule has 0 atom stereocenters. The van der Waals surface area contributed by atoms with Gasteiger partial charge in [-0.1, -0.05) is 6.07 Å². The number of aromatic nitrogens is 1. The zero-order valence-corrected chi connectivity index (χ0v) is 10.1. The molecule has 1 aromatic heterocycles. The number of pyridine rings is 1. The Morgan fingerprint density at radius 1 is 1.37 bits per heavy atom. The van der Waals surface area contributed by atoms with Gasteiger partial charge in [-0.05, 0) is 30.3 Å². The van der Waals surface area contributed by atoms with Crippen LogP contribution in [0.2, 0.25) is 0 Å². The molecular formula is C13H11FN2O3. The van der Waals surface area contributed by atoms with Crippen LogP contribution in [0.4, 0.5) is 10.2 Å². The molecule has 0 saturated carbocycles. The summed E-state index contributed by atoms with van der Waals surface area (Å²) in [7, 11) is 1.41. The van der Waals surface area contributed by atoms with Gasteiger partial charge in [-0.25, -0.2) is 4.98 Å². The zero-order valence-electron chi connectivity index (χ0n) is 10.1. The van der Waals surface area contributed by atoms with Gasteiger partial charge in [0.15, 0.2) is 11.5 Å². The standard InChI is InChI=1S/C13H11FN2O3/c1-19-10-6-5-8(7-9(10)17)13(18)16-12-4-2-3-11(14)15-12/h2-7,17H,1H3,(H,15,16,18). The van der Waals surface area contributed by atoms with Crippen LogP contribution in [0.3, 0.4) is 0 Å². The Labute approximate surface area is 108 Å². The van der Waals surface area contributed by atoms with Gasteiger partial charge in [0.05, 0.1) is 7.11 Å². The van der Waals surface area contributed by atoms with E-state index in [2.05, 4.69) is 10.3 Å². The van der Waals surface area contributed by atoms with Crippen LogP contribution in [0, 0.1) is 5.95 Å². The number of amides is 1. The molecule has 0 fully saturated rings. The molecule has 19 heavy (non-hydrogen) atoms. The van der Waals surface area contributed by atoms with E-state index >= 15 is 0 Å². The Morgan fingerprint density at radius 2 is 2.16 bits per heavy atom. The summed E-state index contributed by atoms with van der Waals surface area (Å²) in [6, 6.07) is 8.27. The highest BCUT2D eigenvalue weighted by Gasteiger charge is 2.10. The van der Waals surface area contributed by atoms with E-state index in [4.69, 9.17) is 4.74 Å². The zero-order chi connectivity index (χ0) is 13.8. The number of methoxy groups -OCH3 is 1. The molecule has 0 aliphatic heterocycles. The molecule has 1 aromatic carbocycles. The van der Waals surface area contributed by atoms with Crippen molar-refractivity contribution in [2.75, 3.05) is 12.4 Å². The average Bonchev–Trinajstić information content (AvgIpc) is 2.38. The van der Waals surface area contributed by atoms with Gasteiger partial charge in [-0.3, -0.25) is 4.79 Å². The maximum atomic E-state index is 12.9. The van der Waals surface area contributed by atoms with Gasteiger partial charge in [0.25, 0.3) is 5.91 Å². The molecule has 0 aliphatic carbocycles. The van der Waals surface area contributed by atoms with Gasteiger partial charge in [0.2, 0.25) is 5.95 Å². The summed E-state index contributed by atoms with van der Waals surface area (Å²) in [5, 5.41) is 12.0. The minimum atomic E-state index is -0.685. The number of halogens is 1. The molecule has 5 nitrogen and oxygen atoms in total. The molecule has 0 radical (unpaired) electrons. The molecule has 1 heterocycles. The Bertz CT molecular complexity index is 617. The second kappa shape index (κ2) is 5.34. The third-order valence-electron chi connectivity index (χ3n) is 2.40. The third kappa shape index (κ3) is 2.98. The lowest BCUT2D eigenvalue weighted by atomic mass is 10.2. The van der Waals surface area contributed by atoms with Crippen LogP contribution in [0.15, 0.2) is 36.4 Å². The number of ether oxygens (including phenoxy) is 1. The average molecular weight is 262 g/mol. The van der Waals surface area contributed by atoms with Crippen LogP contribution in [-0.4, -0.2) is 23.1 Å². The first-order valence-corrected chi connectivity index (χ1v) is 5.41. The molecule has 0 aliphatic rings. The van der Waals surface area contributed by atoms with Gasteiger partial charge in [-0.2, -0.15) is 4.39 Å². The number of carbonyl (C=O) groups is 1.